The van der Waals surface area contributed by atoms with E-state index in [2.05, 4.69) is 10.2 Å². The number of anilines is 1. The van der Waals surface area contributed by atoms with E-state index in [4.69, 9.17) is 9.47 Å². The number of likely N-dealkylation sites (N-methyl/N-ethyl adjacent to an activating group) is 1. The van der Waals surface area contributed by atoms with Gasteiger partial charge < -0.3 is 44.4 Å². The summed E-state index contributed by atoms with van der Waals surface area (Å²) < 4.78 is 11.3. The van der Waals surface area contributed by atoms with E-state index in [1.165, 1.54) is 4.90 Å². The molecular formula is C41H56N6O8. The second kappa shape index (κ2) is 17.7. The lowest BCUT2D eigenvalue weighted by Crippen LogP contribution is -2.53. The molecule has 4 heterocycles. The maximum Gasteiger partial charge on any atom is 0.410 e. The molecule has 5 amide bonds. The topological polar surface area (TPSA) is 152 Å². The van der Waals surface area contributed by atoms with E-state index >= 15 is 0 Å². The molecule has 14 nitrogen and oxygen atoms in total. The Kier molecular flexibility index (Phi) is 12.8. The molecule has 6 rings (SSSR count). The first-order chi connectivity index (χ1) is 26.4. The molecule has 4 aliphatic rings. The van der Waals surface area contributed by atoms with Crippen LogP contribution in [0.3, 0.4) is 0 Å². The summed E-state index contributed by atoms with van der Waals surface area (Å²) in [5.41, 5.74) is 4.12. The van der Waals surface area contributed by atoms with Crippen molar-refractivity contribution in [2.75, 3.05) is 71.8 Å². The minimum absolute atomic E-state index is 0.0154. The SMILES string of the molecule is Cc1cc(C[C@@H](OC(=O)N2CCC(N3CCc4ccccc4NC3=O)CC2)C(=O)N2CCC(N3CCC(C(=O)OCC(=O)N(C)C)CC3)CC2)cc(C)c1O. The standard InChI is InChI=1S/C41H56N6O8/c1-27-23-29(24-28(2)37(27)49)25-35(55-41(53)46-20-14-33(15-21-46)47-22-11-30-7-5-6-8-34(30)42-40(47)52)38(50)45-18-12-32(13-19-45)44-16-9-31(10-17-44)39(51)54-26-36(48)43(3)4/h5-8,23-24,31-33,35,49H,9-22,25-26H2,1-4H3,(H,42,52)/t35-/m1/s1. The number of hydrogen-bond donors (Lipinski definition) is 2. The number of aryl methyl sites for hydroxylation is 2. The van der Waals surface area contributed by atoms with E-state index in [9.17, 15) is 29.1 Å². The Labute approximate surface area is 323 Å². The summed E-state index contributed by atoms with van der Waals surface area (Å²) in [5.74, 6) is -0.830. The zero-order valence-corrected chi connectivity index (χ0v) is 32.6. The van der Waals surface area contributed by atoms with Gasteiger partial charge >= 0.3 is 18.1 Å². The van der Waals surface area contributed by atoms with Crippen molar-refractivity contribution in [3.8, 4) is 5.75 Å². The number of amides is 5. The highest BCUT2D eigenvalue weighted by atomic mass is 16.6. The van der Waals surface area contributed by atoms with Crippen molar-refractivity contribution < 1.29 is 38.6 Å². The second-order valence-electron chi connectivity index (χ2n) is 15.7. The van der Waals surface area contributed by atoms with Crippen LogP contribution in [0.1, 0.15) is 60.8 Å². The maximum absolute atomic E-state index is 14.2. The van der Waals surface area contributed by atoms with Crippen LogP contribution >= 0.6 is 0 Å². The Balaban J connectivity index is 1.03. The van der Waals surface area contributed by atoms with Gasteiger partial charge in [-0.1, -0.05) is 30.3 Å². The molecule has 1 atom stereocenters. The van der Waals surface area contributed by atoms with Gasteiger partial charge in [0.05, 0.1) is 5.92 Å². The average Bonchev–Trinajstić information content (AvgIpc) is 3.36. The zero-order chi connectivity index (χ0) is 39.2. The summed E-state index contributed by atoms with van der Waals surface area (Å²) in [6.07, 6.45) is 3.42. The van der Waals surface area contributed by atoms with Crippen LogP contribution in [0.2, 0.25) is 0 Å². The lowest BCUT2D eigenvalue weighted by molar-refractivity contribution is -0.156. The van der Waals surface area contributed by atoms with Crippen molar-refractivity contribution in [3.63, 3.8) is 0 Å². The van der Waals surface area contributed by atoms with Crippen molar-refractivity contribution in [2.24, 2.45) is 5.92 Å². The average molecular weight is 761 g/mol. The molecule has 0 saturated carbocycles. The number of ether oxygens (including phenoxy) is 2. The molecule has 14 heteroatoms. The minimum Gasteiger partial charge on any atom is -0.507 e. The number of piperidine rings is 3. The van der Waals surface area contributed by atoms with Gasteiger partial charge in [-0.3, -0.25) is 14.4 Å². The number of carbonyl (C=O) groups excluding carboxylic acids is 5. The lowest BCUT2D eigenvalue weighted by Gasteiger charge is -2.42. The fourth-order valence-electron chi connectivity index (χ4n) is 8.39. The predicted octanol–water partition coefficient (Wildman–Crippen LogP) is 3.95. The first kappa shape index (κ1) is 39.8. The second-order valence-corrected chi connectivity index (χ2v) is 15.7. The molecule has 2 N–H and O–H groups in total. The monoisotopic (exact) mass is 760 g/mol. The highest BCUT2D eigenvalue weighted by Gasteiger charge is 2.37. The fraction of sp³-hybridized carbons (Fsp3) is 0.585. The molecule has 4 aliphatic heterocycles. The van der Waals surface area contributed by atoms with E-state index < -0.39 is 12.2 Å². The third-order valence-corrected chi connectivity index (χ3v) is 11.8. The number of benzene rings is 2. The first-order valence-electron chi connectivity index (χ1n) is 19.7. The summed E-state index contributed by atoms with van der Waals surface area (Å²) >= 11 is 0. The highest BCUT2D eigenvalue weighted by molar-refractivity contribution is 5.91. The summed E-state index contributed by atoms with van der Waals surface area (Å²) in [4.78, 5) is 74.5. The number of nitrogens with one attached hydrogen (secondary N) is 1. The number of fused-ring (bicyclic) bond motifs is 1. The summed E-state index contributed by atoms with van der Waals surface area (Å²) in [6.45, 7) is 7.33. The quantitative estimate of drug-likeness (QED) is 0.362. The molecule has 0 aliphatic carbocycles. The molecule has 0 radical (unpaired) electrons. The Bertz CT molecular complexity index is 1700. The van der Waals surface area contributed by atoms with E-state index in [-0.39, 0.29) is 60.6 Å². The summed E-state index contributed by atoms with van der Waals surface area (Å²) in [5, 5.41) is 13.4. The van der Waals surface area contributed by atoms with Crippen LogP contribution in [-0.2, 0) is 36.7 Å². The van der Waals surface area contributed by atoms with E-state index in [1.54, 1.807) is 23.9 Å². The number of para-hydroxylation sites is 1. The molecule has 3 fully saturated rings. The molecule has 2 aromatic rings. The maximum atomic E-state index is 14.2. The van der Waals surface area contributed by atoms with Gasteiger partial charge in [0.1, 0.15) is 5.75 Å². The van der Waals surface area contributed by atoms with Crippen molar-refractivity contribution >= 4 is 35.6 Å². The Hall–Kier alpha value is -4.85. The number of hydrogen-bond acceptors (Lipinski definition) is 9. The number of aromatic hydroxyl groups is 1. The van der Waals surface area contributed by atoms with Crippen LogP contribution in [0, 0.1) is 19.8 Å². The molecule has 0 unspecified atom stereocenters. The zero-order valence-electron chi connectivity index (χ0n) is 32.6. The molecular weight excluding hydrogens is 704 g/mol. The number of likely N-dealkylation sites (tertiary alicyclic amines) is 3. The van der Waals surface area contributed by atoms with Gasteiger partial charge in [-0.15, -0.1) is 0 Å². The molecule has 0 aromatic heterocycles. The summed E-state index contributed by atoms with van der Waals surface area (Å²) in [7, 11) is 3.25. The third kappa shape index (κ3) is 9.70. The van der Waals surface area contributed by atoms with Gasteiger partial charge in [-0.05, 0) is 100 Å². The van der Waals surface area contributed by atoms with Crippen LogP contribution in [0.4, 0.5) is 15.3 Å². The van der Waals surface area contributed by atoms with Crippen LogP contribution in [0.25, 0.3) is 0 Å². The van der Waals surface area contributed by atoms with E-state index in [0.29, 0.717) is 69.5 Å². The smallest absolute Gasteiger partial charge is 0.410 e. The van der Waals surface area contributed by atoms with Gasteiger partial charge in [0.15, 0.2) is 12.7 Å². The number of carbonyl (C=O) groups is 5. The van der Waals surface area contributed by atoms with Crippen molar-refractivity contribution in [1.29, 1.82) is 0 Å². The first-order valence-corrected chi connectivity index (χ1v) is 19.7. The largest absolute Gasteiger partial charge is 0.507 e. The molecule has 298 valence electrons. The van der Waals surface area contributed by atoms with Gasteiger partial charge in [0.2, 0.25) is 0 Å². The molecule has 3 saturated heterocycles. The number of nitrogens with zero attached hydrogens (tertiary/aromatic N) is 5. The highest BCUT2D eigenvalue weighted by Crippen LogP contribution is 2.29. The van der Waals surface area contributed by atoms with Gasteiger partial charge in [-0.25, -0.2) is 9.59 Å². The normalized spacial score (nSPS) is 19.6. The van der Waals surface area contributed by atoms with E-state index in [1.807, 2.05) is 55.1 Å². The van der Waals surface area contributed by atoms with E-state index in [0.717, 1.165) is 49.2 Å². The van der Waals surface area contributed by atoms with Crippen LogP contribution in [0.15, 0.2) is 36.4 Å². The van der Waals surface area contributed by atoms with Crippen molar-refractivity contribution in [1.82, 2.24) is 24.5 Å². The molecule has 2 aromatic carbocycles. The Morgan fingerprint density at radius 1 is 0.855 bits per heavy atom. The number of phenols is 1. The van der Waals surface area contributed by atoms with Gasteiger partial charge in [-0.2, -0.15) is 0 Å². The number of esters is 1. The van der Waals surface area contributed by atoms with Crippen LogP contribution in [-0.4, -0.2) is 144 Å². The van der Waals surface area contributed by atoms with Crippen LogP contribution < -0.4 is 5.32 Å². The third-order valence-electron chi connectivity index (χ3n) is 11.8. The molecule has 0 bridgehead atoms. The summed E-state index contributed by atoms with van der Waals surface area (Å²) in [6, 6.07) is 11.6. The van der Waals surface area contributed by atoms with Crippen molar-refractivity contribution in [2.45, 2.75) is 83.4 Å². The predicted molar refractivity (Wildman–Crippen MR) is 206 cm³/mol. The van der Waals surface area contributed by atoms with Crippen molar-refractivity contribution in [3.05, 3.63) is 58.7 Å². The number of urea groups is 1. The van der Waals surface area contributed by atoms with Crippen LogP contribution in [0.5, 0.6) is 5.75 Å². The van der Waals surface area contributed by atoms with Gasteiger partial charge in [0, 0.05) is 71.0 Å². The number of phenolic OH excluding ortho intramolecular Hbond substituents is 1. The van der Waals surface area contributed by atoms with Gasteiger partial charge in [0.25, 0.3) is 11.8 Å². The lowest BCUT2D eigenvalue weighted by atomic mass is 9.93. The minimum atomic E-state index is -1.04. The number of rotatable bonds is 9. The Morgan fingerprint density at radius 2 is 1.47 bits per heavy atom. The Morgan fingerprint density at radius 3 is 2.13 bits per heavy atom. The molecule has 0 spiro atoms. The molecule has 55 heavy (non-hydrogen) atoms. The fourth-order valence-corrected chi connectivity index (χ4v) is 8.39.